The Bertz CT molecular complexity index is 397. The molecule has 0 fully saturated rings. The molecule has 0 spiro atoms. The Balaban J connectivity index is 2.95. The predicted molar refractivity (Wildman–Crippen MR) is 68.3 cm³/mol. The molecule has 1 aromatic heterocycles. The van der Waals surface area contributed by atoms with E-state index < -0.39 is 0 Å². The molecule has 1 aromatic rings. The first-order chi connectivity index (χ1) is 8.08. The Kier molecular flexibility index (Phi) is 5.15. The molecule has 0 bridgehead atoms. The number of nitrogens with zero attached hydrogens (tertiary/aromatic N) is 3. The van der Waals surface area contributed by atoms with Crippen LogP contribution < -0.4 is 10.2 Å². The standard InChI is InChI=1S/C11H17ClN4O/c1-4-5-16(7-9(17)13-3)10-8(2)6-14-11(12)15-10/h6H,4-5,7H2,1-3H3,(H,13,17). The first kappa shape index (κ1) is 13.7. The van der Waals surface area contributed by atoms with Crippen LogP contribution in [0.5, 0.6) is 0 Å². The quantitative estimate of drug-likeness (QED) is 0.809. The summed E-state index contributed by atoms with van der Waals surface area (Å²) in [5, 5.41) is 2.80. The molecule has 17 heavy (non-hydrogen) atoms. The molecular formula is C11H17ClN4O. The molecule has 0 atom stereocenters. The summed E-state index contributed by atoms with van der Waals surface area (Å²) in [7, 11) is 1.62. The first-order valence-electron chi connectivity index (χ1n) is 5.53. The van der Waals surface area contributed by atoms with E-state index in [2.05, 4.69) is 22.2 Å². The van der Waals surface area contributed by atoms with Crippen molar-refractivity contribution in [3.63, 3.8) is 0 Å². The average molecular weight is 257 g/mol. The first-order valence-corrected chi connectivity index (χ1v) is 5.91. The molecule has 0 unspecified atom stereocenters. The van der Waals surface area contributed by atoms with E-state index in [9.17, 15) is 4.79 Å². The van der Waals surface area contributed by atoms with Crippen molar-refractivity contribution in [3.05, 3.63) is 17.0 Å². The summed E-state index contributed by atoms with van der Waals surface area (Å²) in [6.45, 7) is 4.98. The van der Waals surface area contributed by atoms with Crippen LogP contribution in [0, 0.1) is 6.92 Å². The van der Waals surface area contributed by atoms with Crippen LogP contribution in [0.4, 0.5) is 5.82 Å². The monoisotopic (exact) mass is 256 g/mol. The topological polar surface area (TPSA) is 58.1 Å². The Morgan fingerprint density at radius 2 is 2.29 bits per heavy atom. The van der Waals surface area contributed by atoms with Crippen molar-refractivity contribution in [1.82, 2.24) is 15.3 Å². The van der Waals surface area contributed by atoms with Crippen molar-refractivity contribution < 1.29 is 4.79 Å². The largest absolute Gasteiger partial charge is 0.358 e. The highest BCUT2D eigenvalue weighted by atomic mass is 35.5. The predicted octanol–water partition coefficient (Wildman–Crippen LogP) is 1.40. The molecule has 0 saturated carbocycles. The van der Waals surface area contributed by atoms with Gasteiger partial charge in [-0.25, -0.2) is 9.97 Å². The third-order valence-corrected chi connectivity index (χ3v) is 2.50. The van der Waals surface area contributed by atoms with Gasteiger partial charge >= 0.3 is 0 Å². The summed E-state index contributed by atoms with van der Waals surface area (Å²) in [5.74, 6) is 0.669. The van der Waals surface area contributed by atoms with Gasteiger partial charge in [0.1, 0.15) is 5.82 Å². The molecule has 94 valence electrons. The maximum absolute atomic E-state index is 11.4. The number of rotatable bonds is 5. The van der Waals surface area contributed by atoms with Gasteiger partial charge in [0.2, 0.25) is 11.2 Å². The van der Waals surface area contributed by atoms with Crippen LogP contribution in [0.15, 0.2) is 6.20 Å². The SMILES string of the molecule is CCCN(CC(=O)NC)c1nc(Cl)ncc1C. The van der Waals surface area contributed by atoms with E-state index in [0.717, 1.165) is 24.3 Å². The van der Waals surface area contributed by atoms with Crippen molar-refractivity contribution in [3.8, 4) is 0 Å². The molecule has 0 aromatic carbocycles. The van der Waals surface area contributed by atoms with Crippen LogP contribution in [-0.2, 0) is 4.79 Å². The van der Waals surface area contributed by atoms with Gasteiger partial charge < -0.3 is 10.2 Å². The molecule has 1 heterocycles. The number of amides is 1. The Labute approximate surface area is 106 Å². The minimum atomic E-state index is -0.0485. The molecule has 1 N–H and O–H groups in total. The van der Waals surface area contributed by atoms with Crippen LogP contribution in [0.1, 0.15) is 18.9 Å². The molecule has 0 aliphatic heterocycles. The summed E-state index contributed by atoms with van der Waals surface area (Å²) in [5.41, 5.74) is 0.909. The molecule has 5 nitrogen and oxygen atoms in total. The maximum Gasteiger partial charge on any atom is 0.239 e. The van der Waals surface area contributed by atoms with E-state index in [1.165, 1.54) is 0 Å². The minimum absolute atomic E-state index is 0.0485. The second-order valence-electron chi connectivity index (χ2n) is 3.74. The smallest absolute Gasteiger partial charge is 0.239 e. The number of halogens is 1. The van der Waals surface area contributed by atoms with E-state index in [1.807, 2.05) is 11.8 Å². The molecule has 0 saturated heterocycles. The molecule has 0 aliphatic carbocycles. The van der Waals surface area contributed by atoms with Gasteiger partial charge in [-0.05, 0) is 24.9 Å². The molecule has 1 rings (SSSR count). The van der Waals surface area contributed by atoms with Crippen LogP contribution in [0.25, 0.3) is 0 Å². The minimum Gasteiger partial charge on any atom is -0.358 e. The van der Waals surface area contributed by atoms with Gasteiger partial charge in [-0.3, -0.25) is 4.79 Å². The summed E-state index contributed by atoms with van der Waals surface area (Å²) in [6.07, 6.45) is 2.59. The van der Waals surface area contributed by atoms with Crippen molar-refractivity contribution in [1.29, 1.82) is 0 Å². The summed E-state index contributed by atoms with van der Waals surface area (Å²) in [6, 6.07) is 0. The number of hydrogen-bond acceptors (Lipinski definition) is 4. The number of anilines is 1. The van der Waals surface area contributed by atoms with Gasteiger partial charge in [0, 0.05) is 25.4 Å². The zero-order valence-electron chi connectivity index (χ0n) is 10.3. The number of likely N-dealkylation sites (N-methyl/N-ethyl adjacent to an activating group) is 1. The third-order valence-electron chi connectivity index (χ3n) is 2.32. The third kappa shape index (κ3) is 3.85. The van der Waals surface area contributed by atoms with Gasteiger partial charge in [0.15, 0.2) is 0 Å². The molecular weight excluding hydrogens is 240 g/mol. The van der Waals surface area contributed by atoms with Gasteiger partial charge in [-0.2, -0.15) is 0 Å². The molecule has 6 heteroatoms. The van der Waals surface area contributed by atoms with E-state index in [0.29, 0.717) is 0 Å². The van der Waals surface area contributed by atoms with Crippen LogP contribution >= 0.6 is 11.6 Å². The van der Waals surface area contributed by atoms with Crippen molar-refractivity contribution in [2.75, 3.05) is 25.0 Å². The number of aryl methyl sites for hydroxylation is 1. The van der Waals surface area contributed by atoms with E-state index >= 15 is 0 Å². The zero-order chi connectivity index (χ0) is 12.8. The fourth-order valence-electron chi connectivity index (χ4n) is 1.51. The molecule has 0 radical (unpaired) electrons. The number of carbonyl (C=O) groups is 1. The van der Waals surface area contributed by atoms with Crippen molar-refractivity contribution >= 4 is 23.3 Å². The van der Waals surface area contributed by atoms with Gasteiger partial charge in [0.05, 0.1) is 6.54 Å². The summed E-state index contributed by atoms with van der Waals surface area (Å²) in [4.78, 5) is 21.4. The maximum atomic E-state index is 11.4. The lowest BCUT2D eigenvalue weighted by molar-refractivity contribution is -0.119. The zero-order valence-corrected chi connectivity index (χ0v) is 11.1. The summed E-state index contributed by atoms with van der Waals surface area (Å²) >= 11 is 5.78. The number of hydrogen-bond donors (Lipinski definition) is 1. The number of nitrogens with one attached hydrogen (secondary N) is 1. The fraction of sp³-hybridized carbons (Fsp3) is 0.545. The van der Waals surface area contributed by atoms with Gasteiger partial charge in [0.25, 0.3) is 0 Å². The van der Waals surface area contributed by atoms with Crippen LogP contribution in [-0.4, -0.2) is 36.0 Å². The second kappa shape index (κ2) is 6.39. The highest BCUT2D eigenvalue weighted by molar-refractivity contribution is 6.28. The molecule has 1 amide bonds. The summed E-state index contributed by atoms with van der Waals surface area (Å²) < 4.78 is 0. The van der Waals surface area contributed by atoms with E-state index in [4.69, 9.17) is 11.6 Å². The van der Waals surface area contributed by atoms with Crippen LogP contribution in [0.3, 0.4) is 0 Å². The highest BCUT2D eigenvalue weighted by Crippen LogP contribution is 2.18. The second-order valence-corrected chi connectivity index (χ2v) is 4.08. The Morgan fingerprint density at radius 3 is 2.88 bits per heavy atom. The van der Waals surface area contributed by atoms with Crippen LogP contribution in [0.2, 0.25) is 5.28 Å². The van der Waals surface area contributed by atoms with Gasteiger partial charge in [-0.15, -0.1) is 0 Å². The number of carbonyl (C=O) groups excluding carboxylic acids is 1. The van der Waals surface area contributed by atoms with Gasteiger partial charge in [-0.1, -0.05) is 6.92 Å². The van der Waals surface area contributed by atoms with E-state index in [1.54, 1.807) is 13.2 Å². The van der Waals surface area contributed by atoms with E-state index in [-0.39, 0.29) is 17.7 Å². The molecule has 0 aliphatic rings. The van der Waals surface area contributed by atoms with Crippen molar-refractivity contribution in [2.45, 2.75) is 20.3 Å². The normalized spacial score (nSPS) is 10.1. The number of aromatic nitrogens is 2. The lowest BCUT2D eigenvalue weighted by Gasteiger charge is -2.23. The lowest BCUT2D eigenvalue weighted by atomic mass is 10.3. The fourth-order valence-corrected chi connectivity index (χ4v) is 1.64. The lowest BCUT2D eigenvalue weighted by Crippen LogP contribution is -2.37. The Hall–Kier alpha value is -1.36. The van der Waals surface area contributed by atoms with Crippen molar-refractivity contribution in [2.24, 2.45) is 0 Å². The highest BCUT2D eigenvalue weighted by Gasteiger charge is 2.14. The Morgan fingerprint density at radius 1 is 1.59 bits per heavy atom. The average Bonchev–Trinajstić information content (AvgIpc) is 2.31.